The number of hydrogen-bond acceptors (Lipinski definition) is 3. The molecule has 3 nitrogen and oxygen atoms in total. The molecule has 0 heterocycles. The number of benzene rings is 2. The predicted octanol–water partition coefficient (Wildman–Crippen LogP) is 3.45. The molecule has 0 N–H and O–H groups in total. The van der Waals surface area contributed by atoms with Crippen molar-refractivity contribution in [1.82, 2.24) is 0 Å². The maximum Gasteiger partial charge on any atom is 0.519 e. The number of hydrogen-bond donors (Lipinski definition) is 0. The van der Waals surface area contributed by atoms with Gasteiger partial charge in [0.1, 0.15) is 11.5 Å². The maximum atomic E-state index is 11.5. The van der Waals surface area contributed by atoms with Gasteiger partial charge in [-0.1, -0.05) is 36.4 Å². The summed E-state index contributed by atoms with van der Waals surface area (Å²) in [4.78, 5) is 11.5. The van der Waals surface area contributed by atoms with Crippen LogP contribution < -0.4 is 9.47 Å². The van der Waals surface area contributed by atoms with E-state index >= 15 is 0 Å². The third-order valence-corrected chi connectivity index (χ3v) is 2.11. The Bertz CT molecular complexity index is 506. The molecule has 0 aliphatic heterocycles. The molecule has 0 saturated carbocycles. The van der Waals surface area contributed by atoms with Crippen LogP contribution in [0, 0.1) is 6.92 Å². The zero-order chi connectivity index (χ0) is 12.1. The Hall–Kier alpha value is -2.29. The van der Waals surface area contributed by atoms with Gasteiger partial charge in [-0.25, -0.2) is 4.79 Å². The summed E-state index contributed by atoms with van der Waals surface area (Å²) >= 11 is 0. The first-order chi connectivity index (χ1) is 8.25. The van der Waals surface area contributed by atoms with Crippen molar-refractivity contribution in [3.63, 3.8) is 0 Å². The predicted molar refractivity (Wildman–Crippen MR) is 64.0 cm³/mol. The van der Waals surface area contributed by atoms with E-state index in [1.807, 2.05) is 12.1 Å². The quantitative estimate of drug-likeness (QED) is 0.582. The molecule has 0 fully saturated rings. The number of ether oxygens (including phenoxy) is 2. The normalized spacial score (nSPS) is 9.71. The topological polar surface area (TPSA) is 35.5 Å². The average molecular weight is 227 g/mol. The highest BCUT2D eigenvalue weighted by Crippen LogP contribution is 2.17. The minimum atomic E-state index is -0.771. The van der Waals surface area contributed by atoms with Crippen LogP contribution in [0.2, 0.25) is 0 Å². The van der Waals surface area contributed by atoms with Crippen molar-refractivity contribution >= 4 is 6.16 Å². The van der Waals surface area contributed by atoms with E-state index in [4.69, 9.17) is 9.47 Å². The standard InChI is InChI=1S/C14H11O3/c1-11-7-5-6-10-13(11)17-14(15)16-12-8-3-2-4-9-12/h2-10H,1H2. The maximum absolute atomic E-state index is 11.5. The second-order valence-electron chi connectivity index (χ2n) is 3.37. The van der Waals surface area contributed by atoms with E-state index < -0.39 is 6.16 Å². The zero-order valence-electron chi connectivity index (χ0n) is 9.13. The molecular formula is C14H11O3. The Kier molecular flexibility index (Phi) is 3.40. The highest BCUT2D eigenvalue weighted by molar-refractivity contribution is 5.67. The molecule has 85 valence electrons. The highest BCUT2D eigenvalue weighted by atomic mass is 16.7. The second-order valence-corrected chi connectivity index (χ2v) is 3.37. The van der Waals surface area contributed by atoms with Gasteiger partial charge in [0, 0.05) is 0 Å². The van der Waals surface area contributed by atoms with Gasteiger partial charge in [0.2, 0.25) is 0 Å². The fourth-order valence-electron chi connectivity index (χ4n) is 1.30. The van der Waals surface area contributed by atoms with E-state index in [-0.39, 0.29) is 0 Å². The number of carbonyl (C=O) groups excluding carboxylic acids is 1. The smallest absolute Gasteiger partial charge is 0.395 e. The van der Waals surface area contributed by atoms with E-state index in [0.717, 1.165) is 0 Å². The first-order valence-corrected chi connectivity index (χ1v) is 5.11. The SMILES string of the molecule is [CH2]c1ccccc1OC(=O)Oc1ccccc1. The lowest BCUT2D eigenvalue weighted by atomic mass is 10.2. The summed E-state index contributed by atoms with van der Waals surface area (Å²) in [5.41, 5.74) is 0.637. The first-order valence-electron chi connectivity index (χ1n) is 5.11. The van der Waals surface area contributed by atoms with E-state index in [1.165, 1.54) is 0 Å². The largest absolute Gasteiger partial charge is 0.519 e. The van der Waals surface area contributed by atoms with Gasteiger partial charge in [-0.2, -0.15) is 0 Å². The molecule has 0 atom stereocenters. The first kappa shape index (κ1) is 11.2. The third-order valence-electron chi connectivity index (χ3n) is 2.11. The van der Waals surface area contributed by atoms with Crippen molar-refractivity contribution in [3.8, 4) is 11.5 Å². The Balaban J connectivity index is 2.01. The summed E-state index contributed by atoms with van der Waals surface area (Å²) in [7, 11) is 0. The number of carbonyl (C=O) groups is 1. The summed E-state index contributed by atoms with van der Waals surface area (Å²) in [6.07, 6.45) is -0.771. The summed E-state index contributed by atoms with van der Waals surface area (Å²) < 4.78 is 10.0. The van der Waals surface area contributed by atoms with Crippen molar-refractivity contribution in [2.24, 2.45) is 0 Å². The van der Waals surface area contributed by atoms with E-state index in [1.54, 1.807) is 42.5 Å². The molecule has 1 radical (unpaired) electrons. The van der Waals surface area contributed by atoms with Crippen LogP contribution in [0.15, 0.2) is 54.6 Å². The van der Waals surface area contributed by atoms with Crippen LogP contribution in [-0.2, 0) is 0 Å². The molecular weight excluding hydrogens is 216 g/mol. The fourth-order valence-corrected chi connectivity index (χ4v) is 1.30. The fraction of sp³-hybridized carbons (Fsp3) is 0. The molecule has 3 heteroatoms. The minimum absolute atomic E-state index is 0.397. The van der Waals surface area contributed by atoms with E-state index in [0.29, 0.717) is 17.1 Å². The Morgan fingerprint density at radius 2 is 1.53 bits per heavy atom. The van der Waals surface area contributed by atoms with Gasteiger partial charge in [-0.05, 0) is 30.7 Å². The molecule has 0 amide bonds. The Morgan fingerprint density at radius 1 is 0.882 bits per heavy atom. The van der Waals surface area contributed by atoms with Gasteiger partial charge in [0.25, 0.3) is 0 Å². The van der Waals surface area contributed by atoms with Crippen molar-refractivity contribution in [2.45, 2.75) is 0 Å². The van der Waals surface area contributed by atoms with Gasteiger partial charge < -0.3 is 9.47 Å². The lowest BCUT2D eigenvalue weighted by molar-refractivity contribution is 0.151. The van der Waals surface area contributed by atoms with Gasteiger partial charge in [0.15, 0.2) is 0 Å². The molecule has 17 heavy (non-hydrogen) atoms. The van der Waals surface area contributed by atoms with E-state index in [2.05, 4.69) is 6.92 Å². The van der Waals surface area contributed by atoms with Crippen LogP contribution in [-0.4, -0.2) is 6.16 Å². The zero-order valence-corrected chi connectivity index (χ0v) is 9.13. The van der Waals surface area contributed by atoms with Crippen LogP contribution in [0.3, 0.4) is 0 Å². The molecule has 0 spiro atoms. The Morgan fingerprint density at radius 3 is 2.24 bits per heavy atom. The summed E-state index contributed by atoms with van der Waals surface area (Å²) in [6, 6.07) is 15.7. The van der Waals surface area contributed by atoms with Crippen molar-refractivity contribution in [3.05, 3.63) is 67.1 Å². The molecule has 0 saturated heterocycles. The molecule has 0 aliphatic carbocycles. The second kappa shape index (κ2) is 5.16. The van der Waals surface area contributed by atoms with Crippen molar-refractivity contribution in [2.75, 3.05) is 0 Å². The van der Waals surface area contributed by atoms with Crippen LogP contribution >= 0.6 is 0 Å². The van der Waals surface area contributed by atoms with Crippen molar-refractivity contribution < 1.29 is 14.3 Å². The molecule has 0 bridgehead atoms. The summed E-state index contributed by atoms with van der Waals surface area (Å²) in [5.74, 6) is 0.840. The van der Waals surface area contributed by atoms with Gasteiger partial charge >= 0.3 is 6.16 Å². The number of rotatable bonds is 2. The monoisotopic (exact) mass is 227 g/mol. The van der Waals surface area contributed by atoms with Gasteiger partial charge in [-0.3, -0.25) is 0 Å². The molecule has 0 unspecified atom stereocenters. The molecule has 2 aromatic carbocycles. The van der Waals surface area contributed by atoms with Crippen LogP contribution in [0.4, 0.5) is 4.79 Å². The Labute approximate surface area is 99.6 Å². The molecule has 2 aromatic rings. The minimum Gasteiger partial charge on any atom is -0.395 e. The average Bonchev–Trinajstić information content (AvgIpc) is 2.33. The van der Waals surface area contributed by atoms with Crippen LogP contribution in [0.1, 0.15) is 5.56 Å². The van der Waals surface area contributed by atoms with Gasteiger partial charge in [0.05, 0.1) is 0 Å². The lowest BCUT2D eigenvalue weighted by Crippen LogP contribution is -2.14. The number of para-hydroxylation sites is 2. The molecule has 2 rings (SSSR count). The van der Waals surface area contributed by atoms with Crippen molar-refractivity contribution in [1.29, 1.82) is 0 Å². The van der Waals surface area contributed by atoms with E-state index in [9.17, 15) is 4.79 Å². The molecule has 0 aliphatic rings. The van der Waals surface area contributed by atoms with Crippen LogP contribution in [0.5, 0.6) is 11.5 Å². The van der Waals surface area contributed by atoms with Crippen LogP contribution in [0.25, 0.3) is 0 Å². The third kappa shape index (κ3) is 3.08. The summed E-state index contributed by atoms with van der Waals surface area (Å²) in [6.45, 7) is 3.75. The lowest BCUT2D eigenvalue weighted by Gasteiger charge is -2.06. The summed E-state index contributed by atoms with van der Waals surface area (Å²) in [5, 5.41) is 0. The highest BCUT2D eigenvalue weighted by Gasteiger charge is 2.08. The molecule has 0 aromatic heterocycles. The van der Waals surface area contributed by atoms with Gasteiger partial charge in [-0.15, -0.1) is 0 Å².